The SMILES string of the molecule is CC(C)NCc1nc(-c2ccc(F)cc2F)cs1. The van der Waals surface area contributed by atoms with Crippen LogP contribution in [0.25, 0.3) is 11.3 Å². The molecule has 1 aromatic heterocycles. The summed E-state index contributed by atoms with van der Waals surface area (Å²) in [5.41, 5.74) is 0.890. The van der Waals surface area contributed by atoms with Crippen molar-refractivity contribution >= 4 is 11.3 Å². The van der Waals surface area contributed by atoms with E-state index in [1.807, 2.05) is 13.8 Å². The normalized spacial score (nSPS) is 11.2. The average molecular weight is 268 g/mol. The van der Waals surface area contributed by atoms with Crippen LogP contribution in [-0.4, -0.2) is 11.0 Å². The molecule has 0 fully saturated rings. The molecule has 0 spiro atoms. The number of hydrogen-bond acceptors (Lipinski definition) is 3. The predicted octanol–water partition coefficient (Wildman–Crippen LogP) is 3.59. The Bertz CT molecular complexity index is 538. The van der Waals surface area contributed by atoms with E-state index in [1.54, 1.807) is 5.38 Å². The first-order chi connectivity index (χ1) is 8.56. The van der Waals surface area contributed by atoms with Crippen molar-refractivity contribution in [1.82, 2.24) is 10.3 Å². The first-order valence-electron chi connectivity index (χ1n) is 5.69. The number of thiazole rings is 1. The molecule has 0 saturated heterocycles. The van der Waals surface area contributed by atoms with E-state index >= 15 is 0 Å². The maximum absolute atomic E-state index is 13.6. The van der Waals surface area contributed by atoms with Crippen LogP contribution in [0.3, 0.4) is 0 Å². The van der Waals surface area contributed by atoms with Crippen LogP contribution in [0.4, 0.5) is 8.78 Å². The Hall–Kier alpha value is -1.33. The number of benzene rings is 1. The smallest absolute Gasteiger partial charge is 0.135 e. The summed E-state index contributed by atoms with van der Waals surface area (Å²) in [5, 5.41) is 5.92. The lowest BCUT2D eigenvalue weighted by atomic mass is 10.1. The molecule has 1 N–H and O–H groups in total. The highest BCUT2D eigenvalue weighted by Crippen LogP contribution is 2.25. The fourth-order valence-corrected chi connectivity index (χ4v) is 2.25. The van der Waals surface area contributed by atoms with Crippen LogP contribution in [0, 0.1) is 11.6 Å². The lowest BCUT2D eigenvalue weighted by Crippen LogP contribution is -2.21. The van der Waals surface area contributed by atoms with Crippen LogP contribution in [-0.2, 0) is 6.54 Å². The quantitative estimate of drug-likeness (QED) is 0.916. The minimum atomic E-state index is -0.580. The maximum Gasteiger partial charge on any atom is 0.135 e. The van der Waals surface area contributed by atoms with Crippen LogP contribution >= 0.6 is 11.3 Å². The molecule has 0 amide bonds. The fourth-order valence-electron chi connectivity index (χ4n) is 1.50. The van der Waals surface area contributed by atoms with Gasteiger partial charge in [-0.1, -0.05) is 13.8 Å². The molecule has 0 saturated carbocycles. The van der Waals surface area contributed by atoms with Gasteiger partial charge in [0.25, 0.3) is 0 Å². The van der Waals surface area contributed by atoms with Crippen molar-refractivity contribution in [3.8, 4) is 11.3 Å². The molecule has 2 rings (SSSR count). The number of hydrogen-bond donors (Lipinski definition) is 1. The third-order valence-corrected chi connectivity index (χ3v) is 3.27. The molecule has 0 aliphatic carbocycles. The van der Waals surface area contributed by atoms with Gasteiger partial charge >= 0.3 is 0 Å². The van der Waals surface area contributed by atoms with Gasteiger partial charge in [-0.25, -0.2) is 13.8 Å². The van der Waals surface area contributed by atoms with E-state index in [1.165, 1.54) is 23.5 Å². The van der Waals surface area contributed by atoms with Crippen molar-refractivity contribution in [3.63, 3.8) is 0 Å². The molecular weight excluding hydrogens is 254 g/mol. The van der Waals surface area contributed by atoms with Crippen LogP contribution in [0.15, 0.2) is 23.6 Å². The van der Waals surface area contributed by atoms with Crippen molar-refractivity contribution in [2.24, 2.45) is 0 Å². The number of nitrogens with zero attached hydrogens (tertiary/aromatic N) is 1. The molecule has 0 radical (unpaired) electrons. The minimum Gasteiger partial charge on any atom is -0.308 e. The molecule has 0 bridgehead atoms. The van der Waals surface area contributed by atoms with Gasteiger partial charge < -0.3 is 5.32 Å². The van der Waals surface area contributed by atoms with Gasteiger partial charge in [-0.3, -0.25) is 0 Å². The zero-order valence-corrected chi connectivity index (χ0v) is 11.0. The van der Waals surface area contributed by atoms with Crippen molar-refractivity contribution in [2.75, 3.05) is 0 Å². The average Bonchev–Trinajstić information content (AvgIpc) is 2.75. The van der Waals surface area contributed by atoms with Crippen molar-refractivity contribution in [1.29, 1.82) is 0 Å². The molecule has 2 aromatic rings. The Morgan fingerprint density at radius 2 is 2.11 bits per heavy atom. The Morgan fingerprint density at radius 1 is 1.33 bits per heavy atom. The molecule has 0 aliphatic heterocycles. The first-order valence-corrected chi connectivity index (χ1v) is 6.57. The third kappa shape index (κ3) is 3.11. The fraction of sp³-hybridized carbons (Fsp3) is 0.308. The Balaban J connectivity index is 2.18. The monoisotopic (exact) mass is 268 g/mol. The second-order valence-corrected chi connectivity index (χ2v) is 5.23. The van der Waals surface area contributed by atoms with Crippen molar-refractivity contribution in [2.45, 2.75) is 26.4 Å². The van der Waals surface area contributed by atoms with Crippen molar-refractivity contribution in [3.05, 3.63) is 40.2 Å². The van der Waals surface area contributed by atoms with Gasteiger partial charge in [0.05, 0.1) is 5.69 Å². The van der Waals surface area contributed by atoms with Gasteiger partial charge in [-0.05, 0) is 12.1 Å². The molecule has 18 heavy (non-hydrogen) atoms. The van der Waals surface area contributed by atoms with Gasteiger partial charge in [0.15, 0.2) is 0 Å². The summed E-state index contributed by atoms with van der Waals surface area (Å²) in [7, 11) is 0. The summed E-state index contributed by atoms with van der Waals surface area (Å²) in [6.45, 7) is 4.76. The number of halogens is 2. The Labute approximate surface area is 109 Å². The topological polar surface area (TPSA) is 24.9 Å². The lowest BCUT2D eigenvalue weighted by molar-refractivity contribution is 0.583. The van der Waals surface area contributed by atoms with Gasteiger partial charge in [0, 0.05) is 29.6 Å². The van der Waals surface area contributed by atoms with Crippen molar-refractivity contribution < 1.29 is 8.78 Å². The van der Waals surface area contributed by atoms with Gasteiger partial charge in [0.1, 0.15) is 16.6 Å². The maximum atomic E-state index is 13.6. The minimum absolute atomic E-state index is 0.337. The molecule has 2 nitrogen and oxygen atoms in total. The molecule has 0 aliphatic rings. The molecule has 0 unspecified atom stereocenters. The van der Waals surface area contributed by atoms with E-state index < -0.39 is 11.6 Å². The highest BCUT2D eigenvalue weighted by atomic mass is 32.1. The Kier molecular flexibility index (Phi) is 4.04. The molecule has 5 heteroatoms. The molecule has 96 valence electrons. The van der Waals surface area contributed by atoms with Crippen LogP contribution in [0.1, 0.15) is 18.9 Å². The summed E-state index contributed by atoms with van der Waals surface area (Å²) in [6.07, 6.45) is 0. The van der Waals surface area contributed by atoms with E-state index in [4.69, 9.17) is 0 Å². The summed E-state index contributed by atoms with van der Waals surface area (Å²) in [5.74, 6) is -1.16. The standard InChI is InChI=1S/C13H14F2N2S/c1-8(2)16-6-13-17-12(7-18-13)10-4-3-9(14)5-11(10)15/h3-5,7-8,16H,6H2,1-2H3. The number of aromatic nitrogens is 1. The van der Waals surface area contributed by atoms with E-state index in [9.17, 15) is 8.78 Å². The number of nitrogens with one attached hydrogen (secondary N) is 1. The van der Waals surface area contributed by atoms with E-state index in [2.05, 4.69) is 10.3 Å². The van der Waals surface area contributed by atoms with Gasteiger partial charge in [0.2, 0.25) is 0 Å². The largest absolute Gasteiger partial charge is 0.308 e. The molecule has 0 atom stereocenters. The summed E-state index contributed by atoms with van der Waals surface area (Å²) in [4.78, 5) is 4.34. The molecule has 1 heterocycles. The molecule has 1 aromatic carbocycles. The van der Waals surface area contributed by atoms with E-state index in [0.29, 0.717) is 23.8 Å². The van der Waals surface area contributed by atoms with E-state index in [-0.39, 0.29) is 0 Å². The van der Waals surface area contributed by atoms with Crippen LogP contribution in [0.2, 0.25) is 0 Å². The first kappa shape index (κ1) is 13.1. The second-order valence-electron chi connectivity index (χ2n) is 4.29. The zero-order valence-electron chi connectivity index (χ0n) is 10.2. The van der Waals surface area contributed by atoms with Crippen LogP contribution in [0.5, 0.6) is 0 Å². The summed E-state index contributed by atoms with van der Waals surface area (Å²) >= 11 is 1.47. The Morgan fingerprint density at radius 3 is 2.78 bits per heavy atom. The zero-order chi connectivity index (χ0) is 13.1. The number of rotatable bonds is 4. The summed E-state index contributed by atoms with van der Waals surface area (Å²) in [6, 6.07) is 3.91. The second kappa shape index (κ2) is 5.54. The lowest BCUT2D eigenvalue weighted by Gasteiger charge is -2.04. The highest BCUT2D eigenvalue weighted by Gasteiger charge is 2.10. The highest BCUT2D eigenvalue weighted by molar-refractivity contribution is 7.09. The van der Waals surface area contributed by atoms with Gasteiger partial charge in [-0.15, -0.1) is 11.3 Å². The van der Waals surface area contributed by atoms with Crippen LogP contribution < -0.4 is 5.32 Å². The molecular formula is C13H14F2N2S. The predicted molar refractivity (Wildman–Crippen MR) is 69.4 cm³/mol. The van der Waals surface area contributed by atoms with Gasteiger partial charge in [-0.2, -0.15) is 0 Å². The third-order valence-electron chi connectivity index (χ3n) is 2.42. The van der Waals surface area contributed by atoms with E-state index in [0.717, 1.165) is 11.1 Å². The summed E-state index contributed by atoms with van der Waals surface area (Å²) < 4.78 is 26.4.